The quantitative estimate of drug-likeness (QED) is 0.331. The highest BCUT2D eigenvalue weighted by Gasteiger charge is 2.08. The minimum absolute atomic E-state index is 0. The predicted molar refractivity (Wildman–Crippen MR) is 117 cm³/mol. The molecule has 26 heavy (non-hydrogen) atoms. The summed E-state index contributed by atoms with van der Waals surface area (Å²) in [4.78, 5) is 4.56. The zero-order valence-electron chi connectivity index (χ0n) is 15.5. The smallest absolute Gasteiger partial charge is 0.191 e. The molecule has 1 unspecified atom stereocenters. The molecule has 0 fully saturated rings. The summed E-state index contributed by atoms with van der Waals surface area (Å²) in [7, 11) is 1.65. The Morgan fingerprint density at radius 3 is 2.31 bits per heavy atom. The van der Waals surface area contributed by atoms with Crippen LogP contribution >= 0.6 is 24.0 Å². The lowest BCUT2D eigenvalue weighted by molar-refractivity contribution is 0.181. The molecule has 0 radical (unpaired) electrons. The van der Waals surface area contributed by atoms with Crippen LogP contribution in [0, 0.1) is 6.92 Å². The Hall–Kier alpha value is -1.80. The number of halogens is 1. The van der Waals surface area contributed by atoms with Crippen molar-refractivity contribution < 1.29 is 9.84 Å². The van der Waals surface area contributed by atoms with Crippen LogP contribution in [0.3, 0.4) is 0 Å². The molecule has 2 aromatic carbocycles. The molecule has 2 rings (SSSR count). The fourth-order valence-corrected chi connectivity index (χ4v) is 2.34. The van der Waals surface area contributed by atoms with E-state index >= 15 is 0 Å². The van der Waals surface area contributed by atoms with Crippen molar-refractivity contribution in [2.75, 3.05) is 20.2 Å². The predicted octanol–water partition coefficient (Wildman–Crippen LogP) is 3.41. The number of aliphatic imine (C=N–C) groups is 1. The van der Waals surface area contributed by atoms with Crippen molar-refractivity contribution in [3.05, 3.63) is 65.2 Å². The molecule has 0 bridgehead atoms. The van der Waals surface area contributed by atoms with Gasteiger partial charge in [0.25, 0.3) is 0 Å². The highest BCUT2D eigenvalue weighted by molar-refractivity contribution is 14.0. The summed E-state index contributed by atoms with van der Waals surface area (Å²) in [5.74, 6) is 1.52. The van der Waals surface area contributed by atoms with Gasteiger partial charge in [-0.3, -0.25) is 0 Å². The van der Waals surface area contributed by atoms with E-state index in [4.69, 9.17) is 4.74 Å². The molecule has 1 atom stereocenters. The molecular formula is C20H28IN3O2. The van der Waals surface area contributed by atoms with Gasteiger partial charge in [0.05, 0.1) is 19.8 Å². The highest BCUT2D eigenvalue weighted by atomic mass is 127. The zero-order chi connectivity index (χ0) is 18.1. The third-order valence-electron chi connectivity index (χ3n) is 3.85. The van der Waals surface area contributed by atoms with Crippen LogP contribution in [0.15, 0.2) is 53.5 Å². The second kappa shape index (κ2) is 11.7. The van der Waals surface area contributed by atoms with Gasteiger partial charge in [-0.1, -0.05) is 42.0 Å². The number of benzene rings is 2. The molecule has 0 amide bonds. The van der Waals surface area contributed by atoms with Crippen molar-refractivity contribution in [2.24, 2.45) is 4.99 Å². The van der Waals surface area contributed by atoms with Gasteiger partial charge in [0.15, 0.2) is 5.96 Å². The highest BCUT2D eigenvalue weighted by Crippen LogP contribution is 2.13. The van der Waals surface area contributed by atoms with Crippen LogP contribution in [0.2, 0.25) is 0 Å². The average molecular weight is 469 g/mol. The average Bonchev–Trinajstić information content (AvgIpc) is 2.64. The summed E-state index contributed by atoms with van der Waals surface area (Å²) in [6.07, 6.45) is -0.578. The lowest BCUT2D eigenvalue weighted by atomic mass is 10.1. The van der Waals surface area contributed by atoms with E-state index in [0.717, 1.165) is 23.4 Å². The van der Waals surface area contributed by atoms with Gasteiger partial charge in [0.2, 0.25) is 0 Å². The van der Waals surface area contributed by atoms with Gasteiger partial charge in [-0.05, 0) is 37.1 Å². The molecule has 0 saturated heterocycles. The summed E-state index contributed by atoms with van der Waals surface area (Å²) in [6, 6.07) is 15.7. The van der Waals surface area contributed by atoms with E-state index in [0.29, 0.717) is 19.0 Å². The van der Waals surface area contributed by atoms with Gasteiger partial charge in [-0.25, -0.2) is 4.99 Å². The van der Waals surface area contributed by atoms with Crippen LogP contribution in [0.5, 0.6) is 5.75 Å². The topological polar surface area (TPSA) is 65.9 Å². The van der Waals surface area contributed by atoms with Crippen LogP contribution in [0.1, 0.15) is 29.7 Å². The number of aliphatic hydroxyl groups excluding tert-OH is 1. The van der Waals surface area contributed by atoms with E-state index in [2.05, 4.69) is 15.6 Å². The maximum atomic E-state index is 10.3. The van der Waals surface area contributed by atoms with Crippen molar-refractivity contribution >= 4 is 29.9 Å². The summed E-state index contributed by atoms with van der Waals surface area (Å²) >= 11 is 0. The Morgan fingerprint density at radius 2 is 1.73 bits per heavy atom. The fraction of sp³-hybridized carbons (Fsp3) is 0.350. The van der Waals surface area contributed by atoms with E-state index < -0.39 is 6.10 Å². The third-order valence-corrected chi connectivity index (χ3v) is 3.85. The second-order valence-electron chi connectivity index (χ2n) is 5.85. The van der Waals surface area contributed by atoms with E-state index in [-0.39, 0.29) is 24.0 Å². The third kappa shape index (κ3) is 7.21. The number of methoxy groups -OCH3 is 1. The Morgan fingerprint density at radius 1 is 1.08 bits per heavy atom. The molecule has 0 aliphatic rings. The maximum Gasteiger partial charge on any atom is 0.191 e. The fourth-order valence-electron chi connectivity index (χ4n) is 2.34. The van der Waals surface area contributed by atoms with Gasteiger partial charge in [0.1, 0.15) is 5.75 Å². The summed E-state index contributed by atoms with van der Waals surface area (Å²) in [5, 5.41) is 16.7. The largest absolute Gasteiger partial charge is 0.497 e. The van der Waals surface area contributed by atoms with Crippen LogP contribution < -0.4 is 15.4 Å². The van der Waals surface area contributed by atoms with Gasteiger partial charge in [0, 0.05) is 13.1 Å². The number of rotatable bonds is 7. The first-order chi connectivity index (χ1) is 12.1. The minimum atomic E-state index is -0.578. The van der Waals surface area contributed by atoms with E-state index in [1.54, 1.807) is 7.11 Å². The van der Waals surface area contributed by atoms with Crippen molar-refractivity contribution in [2.45, 2.75) is 26.5 Å². The Kier molecular flexibility index (Phi) is 10.0. The lowest BCUT2D eigenvalue weighted by Crippen LogP contribution is -2.39. The monoisotopic (exact) mass is 469 g/mol. The van der Waals surface area contributed by atoms with E-state index in [1.807, 2.05) is 62.4 Å². The first-order valence-corrected chi connectivity index (χ1v) is 8.52. The molecule has 142 valence electrons. The maximum absolute atomic E-state index is 10.3. The first-order valence-electron chi connectivity index (χ1n) is 8.52. The molecule has 0 aliphatic heterocycles. The van der Waals surface area contributed by atoms with Crippen molar-refractivity contribution in [1.82, 2.24) is 10.6 Å². The van der Waals surface area contributed by atoms with E-state index in [1.165, 1.54) is 5.56 Å². The molecule has 0 spiro atoms. The normalized spacial score (nSPS) is 12.1. The minimum Gasteiger partial charge on any atom is -0.497 e. The van der Waals surface area contributed by atoms with Crippen molar-refractivity contribution in [1.29, 1.82) is 0 Å². The Balaban J connectivity index is 0.00000338. The zero-order valence-corrected chi connectivity index (χ0v) is 17.9. The number of aliphatic hydroxyl groups is 1. The summed E-state index contributed by atoms with van der Waals surface area (Å²) in [5.41, 5.74) is 3.17. The van der Waals surface area contributed by atoms with Crippen LogP contribution in [-0.2, 0) is 6.54 Å². The molecule has 2 aromatic rings. The Labute approximate surface area is 172 Å². The number of hydrogen-bond donors (Lipinski definition) is 3. The van der Waals surface area contributed by atoms with Gasteiger partial charge >= 0.3 is 0 Å². The molecule has 0 heterocycles. The molecule has 0 saturated carbocycles. The molecule has 5 nitrogen and oxygen atoms in total. The first kappa shape index (κ1) is 22.2. The van der Waals surface area contributed by atoms with Gasteiger partial charge in [-0.2, -0.15) is 0 Å². The van der Waals surface area contributed by atoms with Crippen molar-refractivity contribution in [3.8, 4) is 5.75 Å². The molecule has 0 aromatic heterocycles. The number of aryl methyl sites for hydroxylation is 1. The van der Waals surface area contributed by atoms with Crippen LogP contribution in [0.25, 0.3) is 0 Å². The molecule has 3 N–H and O–H groups in total. The lowest BCUT2D eigenvalue weighted by Gasteiger charge is -2.15. The standard InChI is InChI=1S/C20H27N3O2.HI/c1-4-21-20(22-13-16-7-11-18(25-3)12-8-16)23-14-19(24)17-9-5-15(2)6-10-17;/h5-12,19,24H,4,13-14H2,1-3H3,(H2,21,22,23);1H. The van der Waals surface area contributed by atoms with Gasteiger partial charge < -0.3 is 20.5 Å². The SMILES string of the molecule is CCNC(=NCc1ccc(OC)cc1)NCC(O)c1ccc(C)cc1.I. The second-order valence-corrected chi connectivity index (χ2v) is 5.85. The Bertz CT molecular complexity index is 672. The van der Waals surface area contributed by atoms with Crippen LogP contribution in [0.4, 0.5) is 0 Å². The summed E-state index contributed by atoms with van der Waals surface area (Å²) < 4.78 is 5.16. The van der Waals surface area contributed by atoms with Gasteiger partial charge in [-0.15, -0.1) is 24.0 Å². The number of nitrogens with one attached hydrogen (secondary N) is 2. The van der Waals surface area contributed by atoms with Crippen LogP contribution in [-0.4, -0.2) is 31.3 Å². The number of guanidine groups is 1. The molecule has 6 heteroatoms. The molecule has 0 aliphatic carbocycles. The number of nitrogens with zero attached hydrogens (tertiary/aromatic N) is 1. The number of hydrogen-bond acceptors (Lipinski definition) is 3. The number of ether oxygens (including phenoxy) is 1. The van der Waals surface area contributed by atoms with Crippen molar-refractivity contribution in [3.63, 3.8) is 0 Å². The summed E-state index contributed by atoms with van der Waals surface area (Å²) in [6.45, 7) is 5.76. The molecular weight excluding hydrogens is 441 g/mol. The van der Waals surface area contributed by atoms with E-state index in [9.17, 15) is 5.11 Å².